The fourth-order valence-electron chi connectivity index (χ4n) is 3.59. The molecule has 2 aliphatic heterocycles. The molecule has 6 heteroatoms. The molecule has 1 unspecified atom stereocenters. The molecule has 0 spiro atoms. The first-order valence-corrected chi connectivity index (χ1v) is 9.63. The number of urea groups is 1. The number of amides is 2. The molecular weight excluding hydrogens is 336 g/mol. The number of hydrogen-bond donors (Lipinski definition) is 1. The maximum Gasteiger partial charge on any atom is 0.317 e. The molecule has 1 N–H and O–H groups in total. The van der Waals surface area contributed by atoms with Gasteiger partial charge in [-0.05, 0) is 54.0 Å². The second kappa shape index (κ2) is 6.96. The number of fused-ring (bicyclic) bond motifs is 2. The molecule has 2 aromatic rings. The SMILES string of the molecule is CCC1c2ccsc2CCN1C(=O)NCCc1ccc2c(c1)OCO2. The Morgan fingerprint density at radius 2 is 2.20 bits per heavy atom. The van der Waals surface area contributed by atoms with Gasteiger partial charge in [0, 0.05) is 18.0 Å². The van der Waals surface area contributed by atoms with Crippen molar-refractivity contribution < 1.29 is 14.3 Å². The second-order valence-electron chi connectivity index (χ2n) is 6.34. The smallest absolute Gasteiger partial charge is 0.317 e. The van der Waals surface area contributed by atoms with Gasteiger partial charge in [-0.1, -0.05) is 13.0 Å². The van der Waals surface area contributed by atoms with E-state index in [1.807, 2.05) is 23.1 Å². The molecule has 5 nitrogen and oxygen atoms in total. The van der Waals surface area contributed by atoms with Crippen LogP contribution in [0.15, 0.2) is 29.6 Å². The van der Waals surface area contributed by atoms with Crippen LogP contribution in [0.25, 0.3) is 0 Å². The summed E-state index contributed by atoms with van der Waals surface area (Å²) in [6, 6.07) is 8.33. The van der Waals surface area contributed by atoms with Crippen molar-refractivity contribution >= 4 is 17.4 Å². The Labute approximate surface area is 151 Å². The molecule has 1 atom stereocenters. The number of benzene rings is 1. The van der Waals surface area contributed by atoms with Gasteiger partial charge < -0.3 is 19.7 Å². The van der Waals surface area contributed by atoms with Crippen LogP contribution in [0.2, 0.25) is 0 Å². The summed E-state index contributed by atoms with van der Waals surface area (Å²) in [4.78, 5) is 16.1. The normalized spacial score (nSPS) is 18.1. The van der Waals surface area contributed by atoms with Crippen molar-refractivity contribution in [3.05, 3.63) is 45.6 Å². The predicted molar refractivity (Wildman–Crippen MR) is 97.4 cm³/mol. The average Bonchev–Trinajstić information content (AvgIpc) is 3.29. The van der Waals surface area contributed by atoms with E-state index in [-0.39, 0.29) is 18.9 Å². The fraction of sp³-hybridized carbons (Fsp3) is 0.421. The fourth-order valence-corrected chi connectivity index (χ4v) is 4.52. The van der Waals surface area contributed by atoms with Crippen LogP contribution in [0.4, 0.5) is 4.79 Å². The lowest BCUT2D eigenvalue weighted by Gasteiger charge is -2.35. The highest BCUT2D eigenvalue weighted by Gasteiger charge is 2.30. The minimum atomic E-state index is 0.0319. The van der Waals surface area contributed by atoms with Crippen LogP contribution in [-0.2, 0) is 12.8 Å². The highest BCUT2D eigenvalue weighted by molar-refractivity contribution is 7.10. The Bertz CT molecular complexity index is 774. The Hall–Kier alpha value is -2.21. The summed E-state index contributed by atoms with van der Waals surface area (Å²) >= 11 is 1.80. The van der Waals surface area contributed by atoms with E-state index in [0.717, 1.165) is 42.9 Å². The molecule has 2 aliphatic rings. The quantitative estimate of drug-likeness (QED) is 0.906. The van der Waals surface area contributed by atoms with Gasteiger partial charge in [0.05, 0.1) is 6.04 Å². The molecule has 1 aromatic heterocycles. The standard InChI is InChI=1S/C19H22N2O3S/c1-2-15-14-7-10-25-18(14)6-9-21(15)19(22)20-8-5-13-3-4-16-17(11-13)24-12-23-16/h3-4,7,10-11,15H,2,5-6,8-9,12H2,1H3,(H,20,22). The first-order chi connectivity index (χ1) is 12.3. The van der Waals surface area contributed by atoms with Gasteiger partial charge in [0.1, 0.15) is 0 Å². The van der Waals surface area contributed by atoms with Crippen LogP contribution in [0.5, 0.6) is 11.5 Å². The highest BCUT2D eigenvalue weighted by atomic mass is 32.1. The van der Waals surface area contributed by atoms with Crippen LogP contribution in [0.3, 0.4) is 0 Å². The maximum atomic E-state index is 12.7. The monoisotopic (exact) mass is 358 g/mol. The zero-order chi connectivity index (χ0) is 17.2. The number of hydrogen-bond acceptors (Lipinski definition) is 4. The lowest BCUT2D eigenvalue weighted by atomic mass is 9.98. The van der Waals surface area contributed by atoms with Crippen molar-refractivity contribution in [2.75, 3.05) is 19.9 Å². The van der Waals surface area contributed by atoms with E-state index in [2.05, 4.69) is 23.7 Å². The number of ether oxygens (including phenoxy) is 2. The molecule has 0 radical (unpaired) electrons. The molecule has 0 saturated heterocycles. The van der Waals surface area contributed by atoms with Crippen LogP contribution in [0, 0.1) is 0 Å². The molecule has 4 rings (SSSR count). The predicted octanol–water partition coefficient (Wildman–Crippen LogP) is 3.74. The average molecular weight is 358 g/mol. The molecule has 1 aromatic carbocycles. The van der Waals surface area contributed by atoms with Crippen LogP contribution in [-0.4, -0.2) is 30.8 Å². The van der Waals surface area contributed by atoms with Crippen molar-refractivity contribution in [1.82, 2.24) is 10.2 Å². The highest BCUT2D eigenvalue weighted by Crippen LogP contribution is 2.35. The van der Waals surface area contributed by atoms with E-state index in [1.54, 1.807) is 11.3 Å². The third-order valence-corrected chi connectivity index (χ3v) is 5.87. The number of nitrogens with zero attached hydrogens (tertiary/aromatic N) is 1. The molecule has 0 fully saturated rings. The summed E-state index contributed by atoms with van der Waals surface area (Å²) < 4.78 is 10.7. The summed E-state index contributed by atoms with van der Waals surface area (Å²) in [5.41, 5.74) is 2.46. The molecule has 25 heavy (non-hydrogen) atoms. The zero-order valence-corrected chi connectivity index (χ0v) is 15.1. The van der Waals surface area contributed by atoms with Crippen molar-refractivity contribution in [1.29, 1.82) is 0 Å². The first-order valence-electron chi connectivity index (χ1n) is 8.75. The van der Waals surface area contributed by atoms with E-state index in [1.165, 1.54) is 10.4 Å². The van der Waals surface area contributed by atoms with Gasteiger partial charge in [0.15, 0.2) is 11.5 Å². The van der Waals surface area contributed by atoms with E-state index in [0.29, 0.717) is 6.54 Å². The van der Waals surface area contributed by atoms with E-state index >= 15 is 0 Å². The van der Waals surface area contributed by atoms with Crippen LogP contribution in [0.1, 0.15) is 35.4 Å². The summed E-state index contributed by atoms with van der Waals surface area (Å²) in [6.45, 7) is 3.83. The first kappa shape index (κ1) is 16.3. The third-order valence-electron chi connectivity index (χ3n) is 4.87. The van der Waals surface area contributed by atoms with Crippen molar-refractivity contribution in [2.45, 2.75) is 32.2 Å². The minimum Gasteiger partial charge on any atom is -0.454 e. The summed E-state index contributed by atoms with van der Waals surface area (Å²) in [5, 5.41) is 5.21. The van der Waals surface area contributed by atoms with Gasteiger partial charge in [0.25, 0.3) is 0 Å². The minimum absolute atomic E-state index is 0.0319. The zero-order valence-electron chi connectivity index (χ0n) is 14.3. The second-order valence-corrected chi connectivity index (χ2v) is 7.34. The van der Waals surface area contributed by atoms with Crippen LogP contribution < -0.4 is 14.8 Å². The number of nitrogens with one attached hydrogen (secondary N) is 1. The van der Waals surface area contributed by atoms with Gasteiger partial charge in [-0.3, -0.25) is 0 Å². The van der Waals surface area contributed by atoms with E-state index in [9.17, 15) is 4.79 Å². The van der Waals surface area contributed by atoms with Crippen LogP contribution >= 0.6 is 11.3 Å². The molecular formula is C19H22N2O3S. The number of carbonyl (C=O) groups excluding carboxylic acids is 1. The van der Waals surface area contributed by atoms with Gasteiger partial charge in [0.2, 0.25) is 6.79 Å². The lowest BCUT2D eigenvalue weighted by Crippen LogP contribution is -2.45. The van der Waals surface area contributed by atoms with Gasteiger partial charge in [-0.15, -0.1) is 11.3 Å². The molecule has 2 amide bonds. The van der Waals surface area contributed by atoms with Gasteiger partial charge >= 0.3 is 6.03 Å². The molecule has 0 saturated carbocycles. The van der Waals surface area contributed by atoms with E-state index in [4.69, 9.17) is 9.47 Å². The third kappa shape index (κ3) is 3.18. The Morgan fingerprint density at radius 1 is 1.32 bits per heavy atom. The summed E-state index contributed by atoms with van der Waals surface area (Å²) in [5.74, 6) is 1.58. The Morgan fingerprint density at radius 3 is 3.08 bits per heavy atom. The van der Waals surface area contributed by atoms with Crippen molar-refractivity contribution in [3.63, 3.8) is 0 Å². The van der Waals surface area contributed by atoms with Gasteiger partial charge in [-0.2, -0.15) is 0 Å². The topological polar surface area (TPSA) is 50.8 Å². The Kier molecular flexibility index (Phi) is 4.53. The van der Waals surface area contributed by atoms with Crippen molar-refractivity contribution in [2.24, 2.45) is 0 Å². The van der Waals surface area contributed by atoms with E-state index < -0.39 is 0 Å². The summed E-state index contributed by atoms with van der Waals surface area (Å²) in [6.07, 6.45) is 2.68. The number of rotatable bonds is 4. The largest absolute Gasteiger partial charge is 0.454 e. The lowest BCUT2D eigenvalue weighted by molar-refractivity contribution is 0.168. The number of thiophene rings is 1. The molecule has 0 aliphatic carbocycles. The molecule has 3 heterocycles. The summed E-state index contributed by atoms with van der Waals surface area (Å²) in [7, 11) is 0. The van der Waals surface area contributed by atoms with Crippen molar-refractivity contribution in [3.8, 4) is 11.5 Å². The maximum absolute atomic E-state index is 12.7. The number of carbonyl (C=O) groups is 1. The molecule has 0 bridgehead atoms. The Balaban J connectivity index is 1.34. The molecule has 132 valence electrons. The van der Waals surface area contributed by atoms with Gasteiger partial charge in [-0.25, -0.2) is 4.79 Å².